The quantitative estimate of drug-likeness (QED) is 0.753. The summed E-state index contributed by atoms with van der Waals surface area (Å²) in [5.41, 5.74) is 10.4. The first-order valence-electron chi connectivity index (χ1n) is 4.99. The molecule has 0 saturated carbocycles. The summed E-state index contributed by atoms with van der Waals surface area (Å²) in [6.45, 7) is 2.08. The number of nitrogens with zero attached hydrogens (tertiary/aromatic N) is 1. The molecule has 2 rings (SSSR count). The van der Waals surface area contributed by atoms with Crippen LogP contribution in [0.2, 0.25) is 0 Å². The number of nitrogen functional groups attached to an aromatic ring is 1. The number of aryl methyl sites for hydroxylation is 1. The minimum absolute atomic E-state index is 0.849. The van der Waals surface area contributed by atoms with Crippen LogP contribution >= 0.6 is 0 Å². The summed E-state index contributed by atoms with van der Waals surface area (Å²) in [5.74, 6) is 0. The molecule has 76 valence electrons. The van der Waals surface area contributed by atoms with Crippen molar-refractivity contribution in [3.8, 4) is 0 Å². The number of rotatable bonds is 2. The topological polar surface area (TPSA) is 38.9 Å². The van der Waals surface area contributed by atoms with Crippen molar-refractivity contribution in [3.05, 3.63) is 59.4 Å². The molecule has 0 aliphatic rings. The van der Waals surface area contributed by atoms with Crippen LogP contribution in [0.25, 0.3) is 0 Å². The van der Waals surface area contributed by atoms with Crippen LogP contribution in [0.15, 0.2) is 42.7 Å². The van der Waals surface area contributed by atoms with E-state index in [4.69, 9.17) is 5.73 Å². The standard InChI is InChI=1S/C13H14N2/c1-10-4-5-13(14)12(7-10)8-11-3-2-6-15-9-11/h2-7,9H,8,14H2,1H3. The van der Waals surface area contributed by atoms with E-state index < -0.39 is 0 Å². The number of pyridine rings is 1. The van der Waals surface area contributed by atoms with E-state index in [1.54, 1.807) is 6.20 Å². The summed E-state index contributed by atoms with van der Waals surface area (Å²) in [5, 5.41) is 0. The third kappa shape index (κ3) is 2.34. The van der Waals surface area contributed by atoms with Gasteiger partial charge in [0.15, 0.2) is 0 Å². The Morgan fingerprint density at radius 1 is 1.27 bits per heavy atom. The molecule has 0 saturated heterocycles. The molecular formula is C13H14N2. The van der Waals surface area contributed by atoms with Crippen LogP contribution in [-0.2, 0) is 6.42 Å². The van der Waals surface area contributed by atoms with Gasteiger partial charge in [0.2, 0.25) is 0 Å². The number of nitrogens with two attached hydrogens (primary N) is 1. The maximum absolute atomic E-state index is 5.92. The molecule has 0 aliphatic carbocycles. The van der Waals surface area contributed by atoms with Crippen molar-refractivity contribution in [2.75, 3.05) is 5.73 Å². The third-order valence-electron chi connectivity index (χ3n) is 2.42. The number of hydrogen-bond donors (Lipinski definition) is 1. The predicted molar refractivity (Wildman–Crippen MR) is 62.6 cm³/mol. The molecule has 2 heteroatoms. The van der Waals surface area contributed by atoms with Crippen LogP contribution in [0.3, 0.4) is 0 Å². The molecule has 2 nitrogen and oxygen atoms in total. The van der Waals surface area contributed by atoms with Gasteiger partial charge in [-0.2, -0.15) is 0 Å². The smallest absolute Gasteiger partial charge is 0.0350 e. The molecule has 1 heterocycles. The molecule has 0 atom stereocenters. The number of anilines is 1. The maximum atomic E-state index is 5.92. The Hall–Kier alpha value is -1.83. The Morgan fingerprint density at radius 3 is 2.87 bits per heavy atom. The zero-order chi connectivity index (χ0) is 10.7. The van der Waals surface area contributed by atoms with Gasteiger partial charge >= 0.3 is 0 Å². The lowest BCUT2D eigenvalue weighted by Crippen LogP contribution is -1.96. The van der Waals surface area contributed by atoms with Crippen molar-refractivity contribution in [3.63, 3.8) is 0 Å². The molecule has 0 spiro atoms. The third-order valence-corrected chi connectivity index (χ3v) is 2.42. The van der Waals surface area contributed by atoms with Gasteiger partial charge in [-0.15, -0.1) is 0 Å². The fraction of sp³-hybridized carbons (Fsp3) is 0.154. The molecular weight excluding hydrogens is 184 g/mol. The Kier molecular flexibility index (Phi) is 2.68. The van der Waals surface area contributed by atoms with E-state index in [0.717, 1.165) is 12.1 Å². The fourth-order valence-corrected chi connectivity index (χ4v) is 1.61. The number of hydrogen-bond acceptors (Lipinski definition) is 2. The summed E-state index contributed by atoms with van der Waals surface area (Å²) >= 11 is 0. The first-order valence-corrected chi connectivity index (χ1v) is 4.99. The first-order chi connectivity index (χ1) is 7.25. The van der Waals surface area contributed by atoms with Gasteiger partial charge in [-0.05, 0) is 30.2 Å². The highest BCUT2D eigenvalue weighted by atomic mass is 14.6. The number of benzene rings is 1. The van der Waals surface area contributed by atoms with Gasteiger partial charge in [0.25, 0.3) is 0 Å². The molecule has 0 unspecified atom stereocenters. The normalized spacial score (nSPS) is 10.2. The summed E-state index contributed by atoms with van der Waals surface area (Å²) in [7, 11) is 0. The Morgan fingerprint density at radius 2 is 2.13 bits per heavy atom. The van der Waals surface area contributed by atoms with Crippen molar-refractivity contribution in [1.82, 2.24) is 4.98 Å². The van der Waals surface area contributed by atoms with Crippen LogP contribution in [-0.4, -0.2) is 4.98 Å². The highest BCUT2D eigenvalue weighted by Crippen LogP contribution is 2.17. The Bertz CT molecular complexity index is 449. The lowest BCUT2D eigenvalue weighted by atomic mass is 10.0. The molecule has 2 N–H and O–H groups in total. The van der Waals surface area contributed by atoms with Gasteiger partial charge in [0.05, 0.1) is 0 Å². The fourth-order valence-electron chi connectivity index (χ4n) is 1.61. The van der Waals surface area contributed by atoms with E-state index in [9.17, 15) is 0 Å². The second kappa shape index (κ2) is 4.13. The van der Waals surface area contributed by atoms with Gasteiger partial charge in [-0.3, -0.25) is 4.98 Å². The van der Waals surface area contributed by atoms with Crippen LogP contribution < -0.4 is 5.73 Å². The highest BCUT2D eigenvalue weighted by Gasteiger charge is 2.00. The predicted octanol–water partition coefficient (Wildman–Crippen LogP) is 2.56. The first kappa shape index (κ1) is 9.71. The van der Waals surface area contributed by atoms with E-state index in [0.29, 0.717) is 0 Å². The average Bonchev–Trinajstić information content (AvgIpc) is 2.25. The van der Waals surface area contributed by atoms with Crippen molar-refractivity contribution >= 4 is 5.69 Å². The Labute approximate surface area is 89.8 Å². The summed E-state index contributed by atoms with van der Waals surface area (Å²) in [6, 6.07) is 10.1. The summed E-state index contributed by atoms with van der Waals surface area (Å²) in [4.78, 5) is 4.09. The number of aromatic nitrogens is 1. The highest BCUT2D eigenvalue weighted by molar-refractivity contribution is 5.50. The second-order valence-corrected chi connectivity index (χ2v) is 3.74. The van der Waals surface area contributed by atoms with Gasteiger partial charge in [0.1, 0.15) is 0 Å². The largest absolute Gasteiger partial charge is 0.398 e. The van der Waals surface area contributed by atoms with Crippen molar-refractivity contribution in [2.24, 2.45) is 0 Å². The molecule has 0 amide bonds. The van der Waals surface area contributed by atoms with E-state index in [1.807, 2.05) is 24.4 Å². The average molecular weight is 198 g/mol. The zero-order valence-corrected chi connectivity index (χ0v) is 8.77. The molecule has 0 aliphatic heterocycles. The lowest BCUT2D eigenvalue weighted by Gasteiger charge is -2.06. The molecule has 1 aromatic heterocycles. The van der Waals surface area contributed by atoms with E-state index in [2.05, 4.69) is 24.0 Å². The SMILES string of the molecule is Cc1ccc(N)c(Cc2cccnc2)c1. The van der Waals surface area contributed by atoms with Gasteiger partial charge in [-0.25, -0.2) is 0 Å². The monoisotopic (exact) mass is 198 g/mol. The zero-order valence-electron chi connectivity index (χ0n) is 8.77. The molecule has 0 bridgehead atoms. The van der Waals surface area contributed by atoms with Gasteiger partial charge < -0.3 is 5.73 Å². The van der Waals surface area contributed by atoms with Crippen LogP contribution in [0.4, 0.5) is 5.69 Å². The Balaban J connectivity index is 2.28. The van der Waals surface area contributed by atoms with Crippen molar-refractivity contribution in [2.45, 2.75) is 13.3 Å². The van der Waals surface area contributed by atoms with Crippen LogP contribution in [0.1, 0.15) is 16.7 Å². The molecule has 0 radical (unpaired) electrons. The van der Waals surface area contributed by atoms with Crippen LogP contribution in [0, 0.1) is 6.92 Å². The molecule has 1 aromatic carbocycles. The molecule has 15 heavy (non-hydrogen) atoms. The van der Waals surface area contributed by atoms with Crippen molar-refractivity contribution in [1.29, 1.82) is 0 Å². The van der Waals surface area contributed by atoms with Gasteiger partial charge in [0, 0.05) is 24.5 Å². The van der Waals surface area contributed by atoms with E-state index in [1.165, 1.54) is 16.7 Å². The second-order valence-electron chi connectivity index (χ2n) is 3.74. The maximum Gasteiger partial charge on any atom is 0.0350 e. The minimum atomic E-state index is 0.849. The summed E-state index contributed by atoms with van der Waals surface area (Å²) < 4.78 is 0. The van der Waals surface area contributed by atoms with Gasteiger partial charge in [-0.1, -0.05) is 23.8 Å². The lowest BCUT2D eigenvalue weighted by molar-refractivity contribution is 1.14. The van der Waals surface area contributed by atoms with Crippen LogP contribution in [0.5, 0.6) is 0 Å². The van der Waals surface area contributed by atoms with E-state index in [-0.39, 0.29) is 0 Å². The molecule has 2 aromatic rings. The summed E-state index contributed by atoms with van der Waals surface area (Å²) in [6.07, 6.45) is 4.51. The van der Waals surface area contributed by atoms with Crippen molar-refractivity contribution < 1.29 is 0 Å². The van der Waals surface area contributed by atoms with E-state index >= 15 is 0 Å². The molecule has 0 fully saturated rings. The minimum Gasteiger partial charge on any atom is -0.398 e.